The van der Waals surface area contributed by atoms with E-state index in [-0.39, 0.29) is 0 Å². The Hall–Kier alpha value is -0.830. The zero-order valence-corrected chi connectivity index (χ0v) is 11.5. The molecule has 0 heterocycles. The highest BCUT2D eigenvalue weighted by atomic mass is 16.4. The molecule has 2 N–H and O–H groups in total. The molecule has 0 fully saturated rings. The summed E-state index contributed by atoms with van der Waals surface area (Å²) in [6, 6.07) is 0. The van der Waals surface area contributed by atoms with Crippen molar-refractivity contribution in [3.63, 3.8) is 0 Å². The highest BCUT2D eigenvalue weighted by Gasteiger charge is 2.05. The van der Waals surface area contributed by atoms with Crippen LogP contribution in [0.4, 0.5) is 0 Å². The minimum absolute atomic E-state index is 0.499. The van der Waals surface area contributed by atoms with Crippen molar-refractivity contribution in [3.05, 3.63) is 11.6 Å². The molecule has 0 aromatic carbocycles. The van der Waals surface area contributed by atoms with Crippen molar-refractivity contribution in [1.29, 1.82) is 0 Å². The largest absolute Gasteiger partial charge is 0.478 e. The fourth-order valence-corrected chi connectivity index (χ4v) is 1.81. The average molecular weight is 241 g/mol. The summed E-state index contributed by atoms with van der Waals surface area (Å²) in [5.41, 5.74) is 0.499. The molecule has 0 radical (unpaired) electrons. The molecule has 1 unspecified atom stereocenters. The Morgan fingerprint density at radius 1 is 1.35 bits per heavy atom. The molecule has 0 aliphatic rings. The normalized spacial score (nSPS) is 13.7. The molecule has 0 aromatic rings. The lowest BCUT2D eigenvalue weighted by atomic mass is 9.99. The predicted octanol–water partition coefficient (Wildman–Crippen LogP) is 3.21. The molecule has 17 heavy (non-hydrogen) atoms. The number of unbranched alkanes of at least 4 members (excludes halogenated alkanes) is 1. The summed E-state index contributed by atoms with van der Waals surface area (Å²) in [5, 5.41) is 12.2. The number of hydrogen-bond acceptors (Lipinski definition) is 2. The van der Waals surface area contributed by atoms with Crippen molar-refractivity contribution in [3.8, 4) is 0 Å². The van der Waals surface area contributed by atoms with Crippen LogP contribution in [0.25, 0.3) is 0 Å². The van der Waals surface area contributed by atoms with Gasteiger partial charge in [-0.1, -0.05) is 46.1 Å². The van der Waals surface area contributed by atoms with Gasteiger partial charge in [0.15, 0.2) is 0 Å². The summed E-state index contributed by atoms with van der Waals surface area (Å²) in [4.78, 5) is 10.8. The number of carboxylic acids is 1. The maximum absolute atomic E-state index is 10.8. The van der Waals surface area contributed by atoms with Crippen LogP contribution in [0.2, 0.25) is 0 Å². The smallest absolute Gasteiger partial charge is 0.331 e. The minimum atomic E-state index is -0.799. The Labute approximate surface area is 105 Å². The molecule has 1 atom stereocenters. The Morgan fingerprint density at radius 2 is 2.06 bits per heavy atom. The zero-order chi connectivity index (χ0) is 13.1. The van der Waals surface area contributed by atoms with Crippen LogP contribution in [-0.2, 0) is 4.79 Å². The SMILES string of the molecule is CCCCC(CC)CNC/C=C(/CC)C(=O)O. The summed E-state index contributed by atoms with van der Waals surface area (Å²) >= 11 is 0. The van der Waals surface area contributed by atoms with Gasteiger partial charge < -0.3 is 10.4 Å². The van der Waals surface area contributed by atoms with Crippen molar-refractivity contribution in [2.45, 2.75) is 52.9 Å². The third-order valence-electron chi connectivity index (χ3n) is 3.12. The number of carbonyl (C=O) groups is 1. The summed E-state index contributed by atoms with van der Waals surface area (Å²) in [5.74, 6) is -0.0782. The van der Waals surface area contributed by atoms with Crippen molar-refractivity contribution in [2.24, 2.45) is 5.92 Å². The lowest BCUT2D eigenvalue weighted by Crippen LogP contribution is -2.23. The first-order valence-corrected chi connectivity index (χ1v) is 6.78. The molecular weight excluding hydrogens is 214 g/mol. The Balaban J connectivity index is 3.84. The van der Waals surface area contributed by atoms with E-state index in [1.807, 2.05) is 6.92 Å². The molecule has 0 aliphatic carbocycles. The van der Waals surface area contributed by atoms with Crippen LogP contribution in [0.15, 0.2) is 11.6 Å². The van der Waals surface area contributed by atoms with E-state index >= 15 is 0 Å². The number of aliphatic carboxylic acids is 1. The maximum atomic E-state index is 10.8. The van der Waals surface area contributed by atoms with Gasteiger partial charge in [0.05, 0.1) is 0 Å². The van der Waals surface area contributed by atoms with E-state index in [1.165, 1.54) is 25.7 Å². The molecule has 0 aromatic heterocycles. The lowest BCUT2D eigenvalue weighted by molar-refractivity contribution is -0.132. The standard InChI is InChI=1S/C14H27NO2/c1-4-7-8-12(5-2)11-15-10-9-13(6-3)14(16)17/h9,12,15H,4-8,10-11H2,1-3H3,(H,16,17)/b13-9-. The molecule has 3 nitrogen and oxygen atoms in total. The van der Waals surface area contributed by atoms with Crippen molar-refractivity contribution in [2.75, 3.05) is 13.1 Å². The summed E-state index contributed by atoms with van der Waals surface area (Å²) in [7, 11) is 0. The van der Waals surface area contributed by atoms with Crippen LogP contribution in [0.1, 0.15) is 52.9 Å². The summed E-state index contributed by atoms with van der Waals surface area (Å²) < 4.78 is 0. The maximum Gasteiger partial charge on any atom is 0.331 e. The van der Waals surface area contributed by atoms with Crippen molar-refractivity contribution < 1.29 is 9.90 Å². The highest BCUT2D eigenvalue weighted by Crippen LogP contribution is 2.11. The number of carboxylic acid groups (broad SMARTS) is 1. The minimum Gasteiger partial charge on any atom is -0.478 e. The molecule has 0 bridgehead atoms. The third kappa shape index (κ3) is 7.97. The highest BCUT2D eigenvalue weighted by molar-refractivity contribution is 5.86. The van der Waals surface area contributed by atoms with Gasteiger partial charge in [-0.3, -0.25) is 0 Å². The molecule has 3 heteroatoms. The molecule has 0 rings (SSSR count). The zero-order valence-electron chi connectivity index (χ0n) is 11.5. The first-order chi connectivity index (χ1) is 8.15. The van der Waals surface area contributed by atoms with Crippen LogP contribution in [0, 0.1) is 5.92 Å². The monoisotopic (exact) mass is 241 g/mol. The molecular formula is C14H27NO2. The molecule has 100 valence electrons. The van der Waals surface area contributed by atoms with E-state index < -0.39 is 5.97 Å². The fourth-order valence-electron chi connectivity index (χ4n) is 1.81. The van der Waals surface area contributed by atoms with Crippen molar-refractivity contribution >= 4 is 5.97 Å². The Kier molecular flexibility index (Phi) is 9.83. The van der Waals surface area contributed by atoms with Crippen LogP contribution in [0.5, 0.6) is 0 Å². The van der Waals surface area contributed by atoms with Gasteiger partial charge in [-0.25, -0.2) is 4.79 Å². The first-order valence-electron chi connectivity index (χ1n) is 6.78. The van der Waals surface area contributed by atoms with Crippen LogP contribution < -0.4 is 5.32 Å². The van der Waals surface area contributed by atoms with Gasteiger partial charge in [0.2, 0.25) is 0 Å². The molecule has 0 spiro atoms. The first kappa shape index (κ1) is 16.2. The Bertz CT molecular complexity index is 236. The topological polar surface area (TPSA) is 49.3 Å². The number of nitrogens with one attached hydrogen (secondary N) is 1. The number of rotatable bonds is 10. The molecule has 0 amide bonds. The van der Waals surface area contributed by atoms with Gasteiger partial charge in [-0.2, -0.15) is 0 Å². The van der Waals surface area contributed by atoms with Gasteiger partial charge in [-0.05, 0) is 25.3 Å². The summed E-state index contributed by atoms with van der Waals surface area (Å²) in [6.45, 7) is 7.95. The van der Waals surface area contributed by atoms with Crippen LogP contribution in [0.3, 0.4) is 0 Å². The second-order valence-electron chi connectivity index (χ2n) is 4.46. The molecule has 0 saturated carbocycles. The second-order valence-corrected chi connectivity index (χ2v) is 4.46. The van der Waals surface area contributed by atoms with Gasteiger partial charge in [0.25, 0.3) is 0 Å². The quantitative estimate of drug-likeness (QED) is 0.456. The van der Waals surface area contributed by atoms with E-state index in [2.05, 4.69) is 19.2 Å². The van der Waals surface area contributed by atoms with Crippen LogP contribution >= 0.6 is 0 Å². The van der Waals surface area contributed by atoms with E-state index in [1.54, 1.807) is 6.08 Å². The lowest BCUT2D eigenvalue weighted by Gasteiger charge is -2.14. The Morgan fingerprint density at radius 3 is 2.53 bits per heavy atom. The van der Waals surface area contributed by atoms with Crippen LogP contribution in [-0.4, -0.2) is 24.2 Å². The van der Waals surface area contributed by atoms with E-state index in [4.69, 9.17) is 5.11 Å². The van der Waals surface area contributed by atoms with Gasteiger partial charge in [0.1, 0.15) is 0 Å². The van der Waals surface area contributed by atoms with E-state index in [0.717, 1.165) is 12.5 Å². The van der Waals surface area contributed by atoms with Gasteiger partial charge in [0, 0.05) is 12.1 Å². The van der Waals surface area contributed by atoms with E-state index in [0.29, 0.717) is 18.5 Å². The van der Waals surface area contributed by atoms with Gasteiger partial charge in [-0.15, -0.1) is 0 Å². The molecule has 0 aliphatic heterocycles. The predicted molar refractivity (Wildman–Crippen MR) is 72.2 cm³/mol. The van der Waals surface area contributed by atoms with Gasteiger partial charge >= 0.3 is 5.97 Å². The average Bonchev–Trinajstić information content (AvgIpc) is 2.32. The fraction of sp³-hybridized carbons (Fsp3) is 0.786. The third-order valence-corrected chi connectivity index (χ3v) is 3.12. The second kappa shape index (κ2) is 10.3. The number of hydrogen-bond donors (Lipinski definition) is 2. The summed E-state index contributed by atoms with van der Waals surface area (Å²) in [6.07, 6.45) is 7.36. The molecule has 0 saturated heterocycles. The van der Waals surface area contributed by atoms with Crippen molar-refractivity contribution in [1.82, 2.24) is 5.32 Å². The van der Waals surface area contributed by atoms with E-state index in [9.17, 15) is 4.79 Å².